The van der Waals surface area contributed by atoms with Crippen LogP contribution in [0.5, 0.6) is 0 Å². The van der Waals surface area contributed by atoms with Gasteiger partial charge in [-0.25, -0.2) is 4.98 Å². The Morgan fingerprint density at radius 2 is 2.11 bits per heavy atom. The Balaban J connectivity index is 1.72. The maximum Gasteiger partial charge on any atom is 0.261 e. The fourth-order valence-electron chi connectivity index (χ4n) is 3.39. The maximum absolute atomic E-state index is 12.7. The molecule has 144 valence electrons. The van der Waals surface area contributed by atoms with Gasteiger partial charge in [-0.3, -0.25) is 19.0 Å². The molecule has 0 bridgehead atoms. The maximum atomic E-state index is 12.7. The van der Waals surface area contributed by atoms with Crippen molar-refractivity contribution in [1.29, 1.82) is 0 Å². The van der Waals surface area contributed by atoms with Crippen LogP contribution >= 0.6 is 0 Å². The number of benzene rings is 1. The summed E-state index contributed by atoms with van der Waals surface area (Å²) in [6.07, 6.45) is 3.13. The fourth-order valence-corrected chi connectivity index (χ4v) is 3.39. The molecule has 1 saturated heterocycles. The number of rotatable bonds is 4. The molecule has 1 unspecified atom stereocenters. The number of hydrogen-bond acceptors (Lipinski definition) is 4. The third-order valence-corrected chi connectivity index (χ3v) is 5.01. The average Bonchev–Trinajstić information content (AvgIpc) is 2.64. The Kier molecular flexibility index (Phi) is 5.58. The van der Waals surface area contributed by atoms with E-state index in [4.69, 9.17) is 0 Å². The molecule has 27 heavy (non-hydrogen) atoms. The molecule has 0 radical (unpaired) electrons. The van der Waals surface area contributed by atoms with E-state index in [1.165, 1.54) is 10.9 Å². The van der Waals surface area contributed by atoms with Crippen molar-refractivity contribution in [2.24, 2.45) is 5.92 Å². The van der Waals surface area contributed by atoms with Crippen LogP contribution in [-0.4, -0.2) is 45.4 Å². The summed E-state index contributed by atoms with van der Waals surface area (Å²) in [7, 11) is 0. The quantitative estimate of drug-likeness (QED) is 0.883. The number of piperidine rings is 1. The van der Waals surface area contributed by atoms with Gasteiger partial charge in [-0.2, -0.15) is 0 Å². The van der Waals surface area contributed by atoms with Gasteiger partial charge in [-0.15, -0.1) is 0 Å². The Bertz CT molecular complexity index is 919. The molecule has 1 fully saturated rings. The van der Waals surface area contributed by atoms with Gasteiger partial charge >= 0.3 is 0 Å². The number of para-hydroxylation sites is 1. The molecule has 1 atom stereocenters. The predicted molar refractivity (Wildman–Crippen MR) is 103 cm³/mol. The van der Waals surface area contributed by atoms with E-state index >= 15 is 0 Å². The van der Waals surface area contributed by atoms with Gasteiger partial charge < -0.3 is 10.2 Å². The van der Waals surface area contributed by atoms with E-state index in [2.05, 4.69) is 10.3 Å². The van der Waals surface area contributed by atoms with Gasteiger partial charge in [0.2, 0.25) is 11.8 Å². The molecule has 2 heterocycles. The van der Waals surface area contributed by atoms with E-state index in [1.807, 2.05) is 32.9 Å². The van der Waals surface area contributed by atoms with Crippen LogP contribution in [0.2, 0.25) is 0 Å². The standard InChI is InChI=1S/C20H26N4O3/c1-13(2)19(26)22-15-7-5-9-23(10-15)17(25)11-24-12-21-18-14(3)6-4-8-16(18)20(24)27/h4,6,8,12-13,15H,5,7,9-11H2,1-3H3,(H,22,26). The smallest absolute Gasteiger partial charge is 0.261 e. The third kappa shape index (κ3) is 4.18. The summed E-state index contributed by atoms with van der Waals surface area (Å²) < 4.78 is 1.36. The fraction of sp³-hybridized carbons (Fsp3) is 0.500. The monoisotopic (exact) mass is 370 g/mol. The van der Waals surface area contributed by atoms with Crippen molar-refractivity contribution in [2.45, 2.75) is 46.2 Å². The molecule has 0 saturated carbocycles. The Hall–Kier alpha value is -2.70. The van der Waals surface area contributed by atoms with Crippen molar-refractivity contribution >= 4 is 22.7 Å². The summed E-state index contributed by atoms with van der Waals surface area (Å²) in [6.45, 7) is 6.68. The van der Waals surface area contributed by atoms with Gasteiger partial charge in [0.15, 0.2) is 0 Å². The van der Waals surface area contributed by atoms with Crippen LogP contribution in [0.1, 0.15) is 32.3 Å². The lowest BCUT2D eigenvalue weighted by atomic mass is 10.0. The van der Waals surface area contributed by atoms with E-state index in [0.717, 1.165) is 18.4 Å². The first-order valence-corrected chi connectivity index (χ1v) is 9.39. The summed E-state index contributed by atoms with van der Waals surface area (Å²) in [4.78, 5) is 43.4. The highest BCUT2D eigenvalue weighted by Crippen LogP contribution is 2.13. The SMILES string of the molecule is Cc1cccc2c(=O)n(CC(=O)N3CCCC(NC(=O)C(C)C)C3)cnc12. The summed E-state index contributed by atoms with van der Waals surface area (Å²) >= 11 is 0. The zero-order valence-corrected chi connectivity index (χ0v) is 16.1. The number of carbonyl (C=O) groups excluding carboxylic acids is 2. The lowest BCUT2D eigenvalue weighted by Crippen LogP contribution is -2.51. The number of aryl methyl sites for hydroxylation is 1. The normalized spacial score (nSPS) is 17.3. The van der Waals surface area contributed by atoms with Gasteiger partial charge in [0, 0.05) is 25.0 Å². The first-order chi connectivity index (χ1) is 12.9. The Morgan fingerprint density at radius 1 is 1.33 bits per heavy atom. The van der Waals surface area contributed by atoms with E-state index < -0.39 is 0 Å². The Labute approximate surface area is 158 Å². The number of fused-ring (bicyclic) bond motifs is 1. The second-order valence-electron chi connectivity index (χ2n) is 7.49. The summed E-state index contributed by atoms with van der Waals surface area (Å²) in [5.41, 5.74) is 1.39. The van der Waals surface area contributed by atoms with E-state index in [-0.39, 0.29) is 35.9 Å². The van der Waals surface area contributed by atoms with Crippen molar-refractivity contribution in [3.63, 3.8) is 0 Å². The van der Waals surface area contributed by atoms with Crippen LogP contribution in [0.15, 0.2) is 29.3 Å². The highest BCUT2D eigenvalue weighted by atomic mass is 16.2. The van der Waals surface area contributed by atoms with Crippen LogP contribution in [0, 0.1) is 12.8 Å². The van der Waals surface area contributed by atoms with Crippen LogP contribution in [0.3, 0.4) is 0 Å². The average molecular weight is 370 g/mol. The topological polar surface area (TPSA) is 84.3 Å². The molecule has 1 aliphatic heterocycles. The number of carbonyl (C=O) groups is 2. The lowest BCUT2D eigenvalue weighted by Gasteiger charge is -2.33. The molecule has 2 amide bonds. The van der Waals surface area contributed by atoms with Gasteiger partial charge in [0.1, 0.15) is 6.54 Å². The second-order valence-corrected chi connectivity index (χ2v) is 7.49. The second kappa shape index (κ2) is 7.90. The highest BCUT2D eigenvalue weighted by Gasteiger charge is 2.25. The van der Waals surface area contributed by atoms with E-state index in [9.17, 15) is 14.4 Å². The minimum atomic E-state index is -0.210. The van der Waals surface area contributed by atoms with Crippen molar-refractivity contribution in [3.8, 4) is 0 Å². The van der Waals surface area contributed by atoms with Gasteiger partial charge in [-0.1, -0.05) is 26.0 Å². The first kappa shape index (κ1) is 19.1. The van der Waals surface area contributed by atoms with Crippen molar-refractivity contribution in [1.82, 2.24) is 19.8 Å². The number of nitrogens with one attached hydrogen (secondary N) is 1. The molecule has 2 aromatic rings. The lowest BCUT2D eigenvalue weighted by molar-refractivity contribution is -0.134. The minimum Gasteiger partial charge on any atom is -0.351 e. The molecule has 0 spiro atoms. The van der Waals surface area contributed by atoms with Crippen molar-refractivity contribution < 1.29 is 9.59 Å². The van der Waals surface area contributed by atoms with Gasteiger partial charge in [0.25, 0.3) is 5.56 Å². The number of likely N-dealkylation sites (tertiary alicyclic amines) is 1. The van der Waals surface area contributed by atoms with Crippen molar-refractivity contribution in [3.05, 3.63) is 40.4 Å². The number of aromatic nitrogens is 2. The molecular formula is C20H26N4O3. The molecular weight excluding hydrogens is 344 g/mol. The number of amides is 2. The van der Waals surface area contributed by atoms with Crippen molar-refractivity contribution in [2.75, 3.05) is 13.1 Å². The minimum absolute atomic E-state index is 0.000354. The first-order valence-electron chi connectivity index (χ1n) is 9.39. The van der Waals surface area contributed by atoms with Crippen LogP contribution < -0.4 is 10.9 Å². The molecule has 1 aromatic carbocycles. The molecule has 1 aromatic heterocycles. The zero-order valence-electron chi connectivity index (χ0n) is 16.1. The predicted octanol–water partition coefficient (Wildman–Crippen LogP) is 1.47. The zero-order chi connectivity index (χ0) is 19.6. The third-order valence-electron chi connectivity index (χ3n) is 5.01. The van der Waals surface area contributed by atoms with E-state index in [1.54, 1.807) is 11.0 Å². The van der Waals surface area contributed by atoms with Crippen LogP contribution in [-0.2, 0) is 16.1 Å². The highest BCUT2D eigenvalue weighted by molar-refractivity contribution is 5.81. The summed E-state index contributed by atoms with van der Waals surface area (Å²) in [6, 6.07) is 5.42. The van der Waals surface area contributed by atoms with Crippen LogP contribution in [0.25, 0.3) is 10.9 Å². The molecule has 1 N–H and O–H groups in total. The number of hydrogen-bond donors (Lipinski definition) is 1. The van der Waals surface area contributed by atoms with Gasteiger partial charge in [-0.05, 0) is 31.4 Å². The Morgan fingerprint density at radius 3 is 2.85 bits per heavy atom. The largest absolute Gasteiger partial charge is 0.351 e. The molecule has 1 aliphatic rings. The molecule has 7 nitrogen and oxygen atoms in total. The molecule has 7 heteroatoms. The summed E-state index contributed by atoms with van der Waals surface area (Å²) in [5.74, 6) is -0.212. The molecule has 3 rings (SSSR count). The van der Waals surface area contributed by atoms with E-state index in [0.29, 0.717) is 24.0 Å². The molecule has 0 aliphatic carbocycles. The van der Waals surface area contributed by atoms with Crippen LogP contribution in [0.4, 0.5) is 0 Å². The number of nitrogens with zero attached hydrogens (tertiary/aromatic N) is 3. The van der Waals surface area contributed by atoms with Gasteiger partial charge in [0.05, 0.1) is 17.2 Å². The summed E-state index contributed by atoms with van der Waals surface area (Å²) in [5, 5.41) is 3.51.